The first-order chi connectivity index (χ1) is 10.1. The molecule has 0 radical (unpaired) electrons. The van der Waals surface area contributed by atoms with E-state index in [-0.39, 0.29) is 17.7 Å². The van der Waals surface area contributed by atoms with E-state index >= 15 is 0 Å². The van der Waals surface area contributed by atoms with E-state index in [0.29, 0.717) is 5.56 Å². The number of carbonyl (C=O) groups excluding carboxylic acids is 1. The van der Waals surface area contributed by atoms with E-state index in [1.165, 1.54) is 5.56 Å². The molecule has 1 unspecified atom stereocenters. The molecule has 3 nitrogen and oxygen atoms in total. The van der Waals surface area contributed by atoms with Gasteiger partial charge in [0.15, 0.2) is 0 Å². The highest BCUT2D eigenvalue weighted by atomic mass is 79.9. The molecular weight excluding hydrogens is 330 g/mol. The van der Waals surface area contributed by atoms with Gasteiger partial charge in [-0.25, -0.2) is 0 Å². The quantitative estimate of drug-likeness (QED) is 0.843. The number of para-hydroxylation sites is 1. The number of rotatable bonds is 1. The van der Waals surface area contributed by atoms with Crippen molar-refractivity contribution in [1.82, 2.24) is 0 Å². The van der Waals surface area contributed by atoms with Gasteiger partial charge in [0.05, 0.1) is 5.56 Å². The Labute approximate surface area is 132 Å². The Kier molecular flexibility index (Phi) is 3.72. The van der Waals surface area contributed by atoms with Crippen LogP contribution >= 0.6 is 15.9 Å². The molecule has 0 aromatic heterocycles. The number of aromatic hydroxyl groups is 1. The number of aryl methyl sites for hydroxylation is 1. The molecule has 1 heterocycles. The number of carbonyl (C=O) groups is 1. The summed E-state index contributed by atoms with van der Waals surface area (Å²) in [7, 11) is 0. The van der Waals surface area contributed by atoms with Gasteiger partial charge >= 0.3 is 0 Å². The summed E-state index contributed by atoms with van der Waals surface area (Å²) in [4.78, 5) is 14.6. The van der Waals surface area contributed by atoms with Crippen molar-refractivity contribution in [3.05, 3.63) is 58.1 Å². The third-order valence-corrected chi connectivity index (χ3v) is 4.43. The van der Waals surface area contributed by atoms with E-state index < -0.39 is 0 Å². The Bertz CT molecular complexity index is 699. The van der Waals surface area contributed by atoms with E-state index in [0.717, 1.165) is 23.0 Å². The van der Waals surface area contributed by atoms with Crippen molar-refractivity contribution in [2.75, 3.05) is 4.90 Å². The monoisotopic (exact) mass is 345 g/mol. The Morgan fingerprint density at radius 2 is 2.05 bits per heavy atom. The number of halogens is 1. The summed E-state index contributed by atoms with van der Waals surface area (Å²) in [5, 5.41) is 10.0. The minimum absolute atomic E-state index is 0.00429. The average molecular weight is 346 g/mol. The maximum Gasteiger partial charge on any atom is 0.262 e. The second-order valence-corrected chi connectivity index (χ2v) is 6.27. The number of amides is 1. The van der Waals surface area contributed by atoms with Gasteiger partial charge in [0.25, 0.3) is 5.91 Å². The number of hydrogen-bond acceptors (Lipinski definition) is 2. The molecule has 0 fully saturated rings. The van der Waals surface area contributed by atoms with E-state index in [4.69, 9.17) is 0 Å². The molecule has 21 heavy (non-hydrogen) atoms. The molecule has 1 amide bonds. The highest BCUT2D eigenvalue weighted by Crippen LogP contribution is 2.33. The van der Waals surface area contributed by atoms with Gasteiger partial charge < -0.3 is 10.0 Å². The van der Waals surface area contributed by atoms with Crippen molar-refractivity contribution in [3.63, 3.8) is 0 Å². The smallest absolute Gasteiger partial charge is 0.262 e. The maximum absolute atomic E-state index is 12.9. The van der Waals surface area contributed by atoms with Crippen molar-refractivity contribution < 1.29 is 9.90 Å². The summed E-state index contributed by atoms with van der Waals surface area (Å²) in [5.74, 6) is -0.149. The van der Waals surface area contributed by atoms with Gasteiger partial charge in [-0.05, 0) is 49.6 Å². The lowest BCUT2D eigenvalue weighted by Gasteiger charge is -2.35. The fourth-order valence-electron chi connectivity index (χ4n) is 2.81. The minimum atomic E-state index is -0.153. The lowest BCUT2D eigenvalue weighted by Crippen LogP contribution is -2.42. The number of fused-ring (bicyclic) bond motifs is 1. The van der Waals surface area contributed by atoms with Gasteiger partial charge in [-0.1, -0.05) is 34.1 Å². The van der Waals surface area contributed by atoms with Gasteiger partial charge in [0, 0.05) is 16.2 Å². The van der Waals surface area contributed by atoms with Crippen molar-refractivity contribution in [1.29, 1.82) is 0 Å². The Balaban J connectivity index is 2.05. The van der Waals surface area contributed by atoms with Crippen molar-refractivity contribution >= 4 is 27.5 Å². The normalized spacial score (nSPS) is 17.4. The molecule has 108 valence electrons. The largest absolute Gasteiger partial charge is 0.507 e. The van der Waals surface area contributed by atoms with Crippen molar-refractivity contribution in [2.45, 2.75) is 25.8 Å². The Hall–Kier alpha value is -1.81. The van der Waals surface area contributed by atoms with Crippen LogP contribution in [-0.4, -0.2) is 17.1 Å². The van der Waals surface area contributed by atoms with Crippen LogP contribution in [0.4, 0.5) is 5.69 Å². The van der Waals surface area contributed by atoms with Crippen molar-refractivity contribution in [3.8, 4) is 5.75 Å². The summed E-state index contributed by atoms with van der Waals surface area (Å²) in [6, 6.07) is 13.1. The third kappa shape index (κ3) is 2.56. The molecule has 2 aromatic rings. The summed E-state index contributed by atoms with van der Waals surface area (Å²) in [5.41, 5.74) is 2.46. The molecule has 0 saturated carbocycles. The maximum atomic E-state index is 12.9. The number of nitrogens with zero attached hydrogens (tertiary/aromatic N) is 1. The number of anilines is 1. The number of phenolic OH excluding ortho intramolecular Hbond substituents is 1. The van der Waals surface area contributed by atoms with E-state index in [9.17, 15) is 9.90 Å². The van der Waals surface area contributed by atoms with Crippen LogP contribution < -0.4 is 4.90 Å². The average Bonchev–Trinajstić information content (AvgIpc) is 2.46. The zero-order valence-electron chi connectivity index (χ0n) is 11.7. The number of benzene rings is 2. The fourth-order valence-corrected chi connectivity index (χ4v) is 3.16. The van der Waals surface area contributed by atoms with Gasteiger partial charge in [-0.2, -0.15) is 0 Å². The molecule has 2 aromatic carbocycles. The molecule has 0 aliphatic carbocycles. The first-order valence-corrected chi connectivity index (χ1v) is 7.77. The molecule has 1 aliphatic heterocycles. The Morgan fingerprint density at radius 1 is 1.29 bits per heavy atom. The summed E-state index contributed by atoms with van der Waals surface area (Å²) in [6.45, 7) is 2.05. The van der Waals surface area contributed by atoms with E-state index in [2.05, 4.69) is 22.0 Å². The van der Waals surface area contributed by atoms with Gasteiger partial charge in [-0.3, -0.25) is 4.79 Å². The summed E-state index contributed by atoms with van der Waals surface area (Å²) >= 11 is 3.29. The molecule has 0 saturated heterocycles. The minimum Gasteiger partial charge on any atom is -0.507 e. The van der Waals surface area contributed by atoms with E-state index in [1.54, 1.807) is 23.1 Å². The summed E-state index contributed by atoms with van der Waals surface area (Å²) < 4.78 is 0.753. The first kappa shape index (κ1) is 14.1. The lowest BCUT2D eigenvalue weighted by atomic mass is 9.95. The molecule has 0 spiro atoms. The third-order valence-electron chi connectivity index (χ3n) is 3.93. The molecule has 1 atom stereocenters. The zero-order chi connectivity index (χ0) is 15.0. The van der Waals surface area contributed by atoms with Crippen molar-refractivity contribution in [2.24, 2.45) is 0 Å². The number of hydrogen-bond donors (Lipinski definition) is 1. The van der Waals surface area contributed by atoms with Crippen LogP contribution in [0.1, 0.15) is 29.3 Å². The van der Waals surface area contributed by atoms with Gasteiger partial charge in [-0.15, -0.1) is 0 Å². The topological polar surface area (TPSA) is 40.5 Å². The van der Waals surface area contributed by atoms with Gasteiger partial charge in [0.2, 0.25) is 0 Å². The Morgan fingerprint density at radius 3 is 2.81 bits per heavy atom. The molecule has 1 N–H and O–H groups in total. The molecule has 4 heteroatoms. The predicted octanol–water partition coefficient (Wildman–Crippen LogP) is 4.14. The van der Waals surface area contributed by atoms with Crippen LogP contribution in [0.25, 0.3) is 0 Å². The molecule has 0 bridgehead atoms. The number of phenols is 1. The van der Waals surface area contributed by atoms with E-state index in [1.807, 2.05) is 25.1 Å². The standard InChI is InChI=1S/C17H16BrNO2/c1-11-6-7-12-4-2-3-5-15(12)19(11)17(21)14-9-8-13(18)10-16(14)20/h2-5,8-11,20H,6-7H2,1H3. The fraction of sp³-hybridized carbons (Fsp3) is 0.235. The molecular formula is C17H16BrNO2. The first-order valence-electron chi connectivity index (χ1n) is 6.98. The second-order valence-electron chi connectivity index (χ2n) is 5.35. The second kappa shape index (κ2) is 5.53. The predicted molar refractivity (Wildman–Crippen MR) is 86.8 cm³/mol. The van der Waals surface area contributed by atoms with Crippen LogP contribution in [0.15, 0.2) is 46.9 Å². The highest BCUT2D eigenvalue weighted by Gasteiger charge is 2.29. The molecule has 3 rings (SSSR count). The van der Waals surface area contributed by atoms with Crippen LogP contribution in [0.5, 0.6) is 5.75 Å². The lowest BCUT2D eigenvalue weighted by molar-refractivity contribution is 0.0972. The summed E-state index contributed by atoms with van der Waals surface area (Å²) in [6.07, 6.45) is 1.91. The zero-order valence-corrected chi connectivity index (χ0v) is 13.3. The van der Waals surface area contributed by atoms with Crippen LogP contribution in [0.2, 0.25) is 0 Å². The van der Waals surface area contributed by atoms with Gasteiger partial charge in [0.1, 0.15) is 5.75 Å². The molecule has 1 aliphatic rings. The van der Waals surface area contributed by atoms with Crippen LogP contribution in [-0.2, 0) is 6.42 Å². The SMILES string of the molecule is CC1CCc2ccccc2N1C(=O)c1ccc(Br)cc1O. The van der Waals surface area contributed by atoms with Crippen LogP contribution in [0, 0.1) is 0 Å². The highest BCUT2D eigenvalue weighted by molar-refractivity contribution is 9.10. The van der Waals surface area contributed by atoms with Crippen LogP contribution in [0.3, 0.4) is 0 Å².